The molecular weight excluding hydrogens is 659 g/mol. The summed E-state index contributed by atoms with van der Waals surface area (Å²) >= 11 is 19.8. The van der Waals surface area contributed by atoms with E-state index >= 15 is 0 Å². The van der Waals surface area contributed by atoms with Crippen LogP contribution in [-0.2, 0) is 4.79 Å². The summed E-state index contributed by atoms with van der Waals surface area (Å²) in [5.74, 6) is -0.434. The minimum Gasteiger partial charge on any atom is -0.335 e. The molecule has 1 fully saturated rings. The number of rotatable bonds is 6. The molecule has 1 aliphatic rings. The van der Waals surface area contributed by atoms with Crippen LogP contribution < -0.4 is 14.8 Å². The van der Waals surface area contributed by atoms with Gasteiger partial charge in [-0.2, -0.15) is 5.26 Å². The SMILES string of the molecule is N#C/C(C(=O)N1CCN(C(c2ccccc2)c2ccccc2)CC1)=c1\s/c(=C/c2ccc(Cl)cc2)c(=O)n1-c1ccc(Cl)cc1Cl. The molecule has 0 bridgehead atoms. The van der Waals surface area contributed by atoms with Gasteiger partial charge in [-0.25, -0.2) is 0 Å². The number of nitriles is 1. The highest BCUT2D eigenvalue weighted by molar-refractivity contribution is 7.07. The Bertz CT molecular complexity index is 2060. The van der Waals surface area contributed by atoms with E-state index in [0.29, 0.717) is 46.4 Å². The van der Waals surface area contributed by atoms with Crippen LogP contribution in [0.5, 0.6) is 0 Å². The number of halogens is 3. The molecule has 6 rings (SSSR count). The van der Waals surface area contributed by atoms with Gasteiger partial charge in [-0.15, -0.1) is 11.3 Å². The average molecular weight is 686 g/mol. The fraction of sp³-hybridized carbons (Fsp3) is 0.139. The van der Waals surface area contributed by atoms with Crippen molar-refractivity contribution in [2.45, 2.75) is 6.04 Å². The van der Waals surface area contributed by atoms with Crippen LogP contribution in [0.15, 0.2) is 108 Å². The third-order valence-corrected chi connectivity index (χ3v) is 9.76. The number of hydrogen-bond donors (Lipinski definition) is 0. The smallest absolute Gasteiger partial charge is 0.273 e. The van der Waals surface area contributed by atoms with Crippen LogP contribution in [0, 0.1) is 11.3 Å². The van der Waals surface area contributed by atoms with Crippen molar-refractivity contribution < 1.29 is 4.79 Å². The van der Waals surface area contributed by atoms with Crippen LogP contribution in [0.4, 0.5) is 0 Å². The maximum absolute atomic E-state index is 14.0. The van der Waals surface area contributed by atoms with Crippen LogP contribution >= 0.6 is 46.1 Å². The summed E-state index contributed by atoms with van der Waals surface area (Å²) in [5, 5.41) is 11.6. The number of aromatic nitrogens is 1. The lowest BCUT2D eigenvalue weighted by Crippen LogP contribution is -2.50. The molecule has 0 N–H and O–H groups in total. The Morgan fingerprint density at radius 3 is 1.96 bits per heavy atom. The van der Waals surface area contributed by atoms with Gasteiger partial charge in [0.05, 0.1) is 21.3 Å². The van der Waals surface area contributed by atoms with Gasteiger partial charge in [0.2, 0.25) is 0 Å². The van der Waals surface area contributed by atoms with Gasteiger partial charge in [-0.1, -0.05) is 108 Å². The molecule has 0 radical (unpaired) electrons. The van der Waals surface area contributed by atoms with Gasteiger partial charge in [0.25, 0.3) is 11.5 Å². The molecule has 2 heterocycles. The van der Waals surface area contributed by atoms with E-state index < -0.39 is 11.5 Å². The van der Waals surface area contributed by atoms with E-state index in [0.717, 1.165) is 16.9 Å². The minimum atomic E-state index is -0.434. The van der Waals surface area contributed by atoms with Gasteiger partial charge in [-0.3, -0.25) is 19.1 Å². The zero-order valence-corrected chi connectivity index (χ0v) is 27.5. The van der Waals surface area contributed by atoms with E-state index in [2.05, 4.69) is 35.2 Å². The molecule has 230 valence electrons. The molecule has 0 atom stereocenters. The van der Waals surface area contributed by atoms with Crippen molar-refractivity contribution in [3.05, 3.63) is 154 Å². The van der Waals surface area contributed by atoms with E-state index in [1.807, 2.05) is 36.4 Å². The summed E-state index contributed by atoms with van der Waals surface area (Å²) in [4.78, 5) is 32.0. The van der Waals surface area contributed by atoms with E-state index in [4.69, 9.17) is 34.8 Å². The van der Waals surface area contributed by atoms with E-state index in [-0.39, 0.29) is 21.3 Å². The first-order valence-electron chi connectivity index (χ1n) is 14.6. The quantitative estimate of drug-likeness (QED) is 0.211. The number of thiazole rings is 1. The zero-order valence-electron chi connectivity index (χ0n) is 24.4. The van der Waals surface area contributed by atoms with Gasteiger partial charge in [0, 0.05) is 36.2 Å². The third kappa shape index (κ3) is 6.68. The summed E-state index contributed by atoms with van der Waals surface area (Å²) in [5.41, 5.74) is 2.89. The number of nitrogens with zero attached hydrogens (tertiary/aromatic N) is 4. The number of piperazine rings is 1. The minimum absolute atomic E-state index is 0.0274. The summed E-state index contributed by atoms with van der Waals surface area (Å²) < 4.78 is 1.87. The first-order valence-corrected chi connectivity index (χ1v) is 16.5. The second-order valence-electron chi connectivity index (χ2n) is 10.7. The first kappa shape index (κ1) is 31.8. The van der Waals surface area contributed by atoms with Crippen LogP contribution in [0.2, 0.25) is 15.1 Å². The Balaban J connectivity index is 1.38. The normalized spacial score (nSPS) is 14.8. The topological polar surface area (TPSA) is 69.3 Å². The monoisotopic (exact) mass is 684 g/mol. The Morgan fingerprint density at radius 2 is 1.39 bits per heavy atom. The molecule has 0 spiro atoms. The predicted octanol–water partition coefficient (Wildman–Crippen LogP) is 6.30. The molecule has 5 aromatic rings. The summed E-state index contributed by atoms with van der Waals surface area (Å²) in [6, 6.07) is 34.5. The molecule has 0 aliphatic carbocycles. The van der Waals surface area contributed by atoms with Crippen molar-refractivity contribution in [3.8, 4) is 11.8 Å². The van der Waals surface area contributed by atoms with Gasteiger partial charge in [0.1, 0.15) is 10.7 Å². The lowest BCUT2D eigenvalue weighted by Gasteiger charge is -2.39. The largest absolute Gasteiger partial charge is 0.335 e. The molecular formula is C36H27Cl3N4O2S. The Morgan fingerprint density at radius 1 is 0.804 bits per heavy atom. The summed E-state index contributed by atoms with van der Waals surface area (Å²) in [6.07, 6.45) is 1.71. The highest BCUT2D eigenvalue weighted by Gasteiger charge is 2.30. The van der Waals surface area contributed by atoms with Crippen LogP contribution in [0.25, 0.3) is 17.3 Å². The Kier molecular flexibility index (Phi) is 9.74. The van der Waals surface area contributed by atoms with Crippen molar-refractivity contribution in [1.82, 2.24) is 14.4 Å². The fourth-order valence-corrected chi connectivity index (χ4v) is 7.36. The lowest BCUT2D eigenvalue weighted by molar-refractivity contribution is -0.126. The zero-order chi connectivity index (χ0) is 32.2. The van der Waals surface area contributed by atoms with E-state index in [1.54, 1.807) is 47.4 Å². The summed E-state index contributed by atoms with van der Waals surface area (Å²) in [7, 11) is 0. The molecule has 1 aromatic heterocycles. The van der Waals surface area contributed by atoms with Gasteiger partial charge in [0.15, 0.2) is 5.57 Å². The molecule has 6 nitrogen and oxygen atoms in total. The molecule has 1 saturated heterocycles. The number of carbonyl (C=O) groups excluding carboxylic acids is 1. The number of hydrogen-bond acceptors (Lipinski definition) is 5. The van der Waals surface area contributed by atoms with Crippen LogP contribution in [0.3, 0.4) is 0 Å². The molecule has 1 amide bonds. The maximum Gasteiger partial charge on any atom is 0.273 e. The molecule has 0 unspecified atom stereocenters. The Labute approximate surface area is 285 Å². The van der Waals surface area contributed by atoms with Crippen LogP contribution in [0.1, 0.15) is 22.7 Å². The molecule has 4 aromatic carbocycles. The van der Waals surface area contributed by atoms with Gasteiger partial charge >= 0.3 is 0 Å². The maximum atomic E-state index is 14.0. The van der Waals surface area contributed by atoms with Crippen molar-refractivity contribution in [3.63, 3.8) is 0 Å². The van der Waals surface area contributed by atoms with Crippen molar-refractivity contribution in [2.24, 2.45) is 0 Å². The highest BCUT2D eigenvalue weighted by atomic mass is 35.5. The Hall–Kier alpha value is -4.16. The molecule has 10 heteroatoms. The van der Waals surface area contributed by atoms with Crippen molar-refractivity contribution in [2.75, 3.05) is 26.2 Å². The second-order valence-corrected chi connectivity index (χ2v) is 13.1. The third-order valence-electron chi connectivity index (χ3n) is 7.88. The van der Waals surface area contributed by atoms with Gasteiger partial charge < -0.3 is 4.90 Å². The van der Waals surface area contributed by atoms with E-state index in [9.17, 15) is 14.9 Å². The average Bonchev–Trinajstić information content (AvgIpc) is 3.38. The number of amides is 1. The first-order chi connectivity index (χ1) is 22.3. The molecule has 0 saturated carbocycles. The highest BCUT2D eigenvalue weighted by Crippen LogP contribution is 2.30. The summed E-state index contributed by atoms with van der Waals surface area (Å²) in [6.45, 7) is 2.05. The standard InChI is InChI=1S/C36H27Cl3N4O2S/c37-27-13-11-24(12-14-27)21-32-35(45)43(31-16-15-28(38)22-30(31)39)36(46-32)29(23-40)34(44)42-19-17-41(18-20-42)33(25-7-3-1-4-8-25)26-9-5-2-6-10-26/h1-16,21-22,33H,17-20H2/b32-21+,36-29+. The van der Waals surface area contributed by atoms with Crippen molar-refractivity contribution >= 4 is 63.7 Å². The number of carbonyl (C=O) groups is 1. The van der Waals surface area contributed by atoms with Gasteiger partial charge in [-0.05, 0) is 53.1 Å². The van der Waals surface area contributed by atoms with E-state index in [1.165, 1.54) is 21.8 Å². The fourth-order valence-electron chi connectivity index (χ4n) is 5.65. The predicted molar refractivity (Wildman–Crippen MR) is 186 cm³/mol. The van der Waals surface area contributed by atoms with Crippen LogP contribution in [-0.4, -0.2) is 46.5 Å². The molecule has 46 heavy (non-hydrogen) atoms. The lowest BCUT2D eigenvalue weighted by atomic mass is 9.96. The second kappa shape index (κ2) is 14.1. The number of benzene rings is 4. The molecule has 1 aliphatic heterocycles. The van der Waals surface area contributed by atoms with Crippen molar-refractivity contribution in [1.29, 1.82) is 5.26 Å².